The Balaban J connectivity index is 1.17. The number of anilines is 2. The highest BCUT2D eigenvalue weighted by atomic mass is 19.4. The lowest BCUT2D eigenvalue weighted by Crippen LogP contribution is -2.29. The molecular formula is C30H30BF3N4O6. The van der Waals surface area contributed by atoms with E-state index in [9.17, 15) is 18.0 Å². The molecule has 3 aromatic carbocycles. The number of amides is 1. The monoisotopic (exact) mass is 610 g/mol. The van der Waals surface area contributed by atoms with Crippen LogP contribution in [-0.4, -0.2) is 72.4 Å². The zero-order chi connectivity index (χ0) is 31.4. The Kier molecular flexibility index (Phi) is 11.7. The van der Waals surface area contributed by atoms with Crippen LogP contribution in [0.4, 0.5) is 24.7 Å². The molecule has 4 aromatic rings. The second kappa shape index (κ2) is 15.8. The minimum Gasteiger partial charge on any atom is -0.423 e. The second-order valence-electron chi connectivity index (χ2n) is 9.41. The van der Waals surface area contributed by atoms with Gasteiger partial charge < -0.3 is 34.9 Å². The largest absolute Gasteiger partial charge is 0.573 e. The van der Waals surface area contributed by atoms with E-state index < -0.39 is 13.5 Å². The van der Waals surface area contributed by atoms with Crippen molar-refractivity contribution in [3.8, 4) is 17.0 Å². The van der Waals surface area contributed by atoms with Crippen molar-refractivity contribution in [2.45, 2.75) is 12.8 Å². The number of carbonyl (C=O) groups is 1. The molecule has 230 valence electrons. The SMILES string of the molecule is O=C(NCCOCCOCCc1ccc(B(O)O)cc1)c1cccc(-c2cc(Nc3ccc(OC(F)(F)F)cc3)ncn2)c1. The number of carbonyl (C=O) groups excluding carboxylic acids is 1. The Bertz CT molecular complexity index is 1490. The van der Waals surface area contributed by atoms with Crippen molar-refractivity contribution in [3.05, 3.63) is 96.3 Å². The summed E-state index contributed by atoms with van der Waals surface area (Å²) < 4.78 is 52.1. The number of alkyl halides is 3. The Labute approximate surface area is 252 Å². The van der Waals surface area contributed by atoms with Crippen molar-refractivity contribution in [3.63, 3.8) is 0 Å². The Morgan fingerprint density at radius 1 is 0.864 bits per heavy atom. The lowest BCUT2D eigenvalue weighted by molar-refractivity contribution is -0.274. The standard InChI is InChI=1S/C30H30BF3N4O6/c32-30(33,34)44-26-10-8-25(9-11-26)38-28-19-27(36-20-37-28)22-2-1-3-23(18-22)29(39)35-13-15-43-17-16-42-14-12-21-4-6-24(7-5-21)31(40)41/h1-11,18-20,40-41H,12-17H2,(H,35,39)(H,36,37,38). The van der Waals surface area contributed by atoms with Crippen LogP contribution in [0.5, 0.6) is 5.75 Å². The summed E-state index contributed by atoms with van der Waals surface area (Å²) >= 11 is 0. The topological polar surface area (TPSA) is 135 Å². The molecule has 0 fully saturated rings. The van der Waals surface area contributed by atoms with Gasteiger partial charge >= 0.3 is 13.5 Å². The van der Waals surface area contributed by atoms with Gasteiger partial charge in [0.2, 0.25) is 0 Å². The summed E-state index contributed by atoms with van der Waals surface area (Å²) in [6.07, 6.45) is -2.74. The fourth-order valence-corrected chi connectivity index (χ4v) is 4.00. The van der Waals surface area contributed by atoms with Gasteiger partial charge in [-0.05, 0) is 53.8 Å². The van der Waals surface area contributed by atoms with Crippen LogP contribution in [0.3, 0.4) is 0 Å². The smallest absolute Gasteiger partial charge is 0.423 e. The summed E-state index contributed by atoms with van der Waals surface area (Å²) in [6, 6.07) is 20.8. The molecule has 0 aliphatic heterocycles. The third-order valence-electron chi connectivity index (χ3n) is 6.16. The normalized spacial score (nSPS) is 11.2. The highest BCUT2D eigenvalue weighted by molar-refractivity contribution is 6.58. The number of benzene rings is 3. The molecule has 0 aliphatic rings. The maximum absolute atomic E-state index is 12.7. The van der Waals surface area contributed by atoms with Crippen molar-refractivity contribution in [1.82, 2.24) is 15.3 Å². The van der Waals surface area contributed by atoms with Crippen LogP contribution in [0.25, 0.3) is 11.3 Å². The van der Waals surface area contributed by atoms with Crippen molar-refractivity contribution >= 4 is 30.0 Å². The molecule has 14 heteroatoms. The summed E-state index contributed by atoms with van der Waals surface area (Å²) in [4.78, 5) is 21.1. The molecule has 0 aliphatic carbocycles. The fourth-order valence-electron chi connectivity index (χ4n) is 4.00. The zero-order valence-corrected chi connectivity index (χ0v) is 23.5. The maximum atomic E-state index is 12.7. The predicted molar refractivity (Wildman–Crippen MR) is 158 cm³/mol. The van der Waals surface area contributed by atoms with Gasteiger partial charge in [0.05, 0.1) is 32.1 Å². The summed E-state index contributed by atoms with van der Waals surface area (Å²) in [5.74, 6) is -0.201. The Morgan fingerprint density at radius 3 is 2.30 bits per heavy atom. The average Bonchev–Trinajstić information content (AvgIpc) is 3.01. The maximum Gasteiger partial charge on any atom is 0.573 e. The number of hydrogen-bond acceptors (Lipinski definition) is 9. The van der Waals surface area contributed by atoms with Gasteiger partial charge in [0.15, 0.2) is 0 Å². The van der Waals surface area contributed by atoms with Crippen LogP contribution >= 0.6 is 0 Å². The minimum absolute atomic E-state index is 0.278. The molecule has 4 N–H and O–H groups in total. The molecule has 1 amide bonds. The number of rotatable bonds is 15. The summed E-state index contributed by atoms with van der Waals surface area (Å²) in [6.45, 7) is 1.88. The molecule has 0 saturated heterocycles. The zero-order valence-electron chi connectivity index (χ0n) is 23.5. The van der Waals surface area contributed by atoms with Gasteiger partial charge in [0.25, 0.3) is 5.91 Å². The number of hydrogen-bond donors (Lipinski definition) is 4. The summed E-state index contributed by atoms with van der Waals surface area (Å²) in [5.41, 5.74) is 3.60. The quantitative estimate of drug-likeness (QED) is 0.118. The first-order valence-electron chi connectivity index (χ1n) is 13.6. The van der Waals surface area contributed by atoms with E-state index in [-0.39, 0.29) is 11.7 Å². The average molecular weight is 610 g/mol. The number of nitrogens with zero attached hydrogens (tertiary/aromatic N) is 2. The van der Waals surface area contributed by atoms with Crippen LogP contribution in [0.15, 0.2) is 85.2 Å². The molecule has 1 aromatic heterocycles. The number of ether oxygens (including phenoxy) is 3. The molecule has 44 heavy (non-hydrogen) atoms. The van der Waals surface area contributed by atoms with Crippen molar-refractivity contribution in [2.75, 3.05) is 38.3 Å². The number of nitrogens with one attached hydrogen (secondary N) is 2. The van der Waals surface area contributed by atoms with Gasteiger partial charge in [-0.2, -0.15) is 0 Å². The molecular weight excluding hydrogens is 580 g/mol. The molecule has 0 atom stereocenters. The molecule has 0 unspecified atom stereocenters. The van der Waals surface area contributed by atoms with E-state index >= 15 is 0 Å². The van der Waals surface area contributed by atoms with Crippen LogP contribution in [-0.2, 0) is 15.9 Å². The van der Waals surface area contributed by atoms with E-state index in [1.165, 1.54) is 30.6 Å². The third kappa shape index (κ3) is 10.6. The van der Waals surface area contributed by atoms with E-state index in [4.69, 9.17) is 19.5 Å². The van der Waals surface area contributed by atoms with E-state index in [0.29, 0.717) is 73.2 Å². The summed E-state index contributed by atoms with van der Waals surface area (Å²) in [5, 5.41) is 24.1. The van der Waals surface area contributed by atoms with Gasteiger partial charge in [-0.3, -0.25) is 4.79 Å². The highest BCUT2D eigenvalue weighted by Gasteiger charge is 2.31. The predicted octanol–water partition coefficient (Wildman–Crippen LogP) is 3.47. The first-order valence-corrected chi connectivity index (χ1v) is 13.6. The Hall–Kier alpha value is -4.50. The number of aromatic nitrogens is 2. The fraction of sp³-hybridized carbons (Fsp3) is 0.233. The van der Waals surface area contributed by atoms with Gasteiger partial charge in [0, 0.05) is 29.4 Å². The van der Waals surface area contributed by atoms with Crippen LogP contribution in [0.2, 0.25) is 0 Å². The van der Waals surface area contributed by atoms with Gasteiger partial charge in [-0.1, -0.05) is 36.4 Å². The van der Waals surface area contributed by atoms with Crippen LogP contribution in [0, 0.1) is 0 Å². The van der Waals surface area contributed by atoms with Gasteiger partial charge in [-0.25, -0.2) is 9.97 Å². The molecule has 0 saturated carbocycles. The molecule has 0 spiro atoms. The molecule has 10 nitrogen and oxygen atoms in total. The van der Waals surface area contributed by atoms with Gasteiger partial charge in [0.1, 0.15) is 17.9 Å². The van der Waals surface area contributed by atoms with Gasteiger partial charge in [-0.15, -0.1) is 13.2 Å². The Morgan fingerprint density at radius 2 is 1.59 bits per heavy atom. The molecule has 0 radical (unpaired) electrons. The van der Waals surface area contributed by atoms with Crippen molar-refractivity contribution in [2.24, 2.45) is 0 Å². The minimum atomic E-state index is -4.77. The third-order valence-corrected chi connectivity index (χ3v) is 6.16. The summed E-state index contributed by atoms with van der Waals surface area (Å²) in [7, 11) is -1.48. The van der Waals surface area contributed by atoms with Crippen molar-refractivity contribution < 1.29 is 42.2 Å². The molecule has 4 rings (SSSR count). The number of halogens is 3. The highest BCUT2D eigenvalue weighted by Crippen LogP contribution is 2.26. The lowest BCUT2D eigenvalue weighted by atomic mass is 9.80. The van der Waals surface area contributed by atoms with Crippen molar-refractivity contribution in [1.29, 1.82) is 0 Å². The molecule has 0 bridgehead atoms. The first kappa shape index (κ1) is 32.4. The molecule has 1 heterocycles. The van der Waals surface area contributed by atoms with E-state index in [1.54, 1.807) is 42.5 Å². The van der Waals surface area contributed by atoms with Crippen LogP contribution in [0.1, 0.15) is 15.9 Å². The second-order valence-corrected chi connectivity index (χ2v) is 9.41. The van der Waals surface area contributed by atoms with E-state index in [0.717, 1.165) is 5.56 Å². The van der Waals surface area contributed by atoms with E-state index in [1.807, 2.05) is 12.1 Å². The van der Waals surface area contributed by atoms with Crippen LogP contribution < -0.4 is 20.8 Å². The lowest BCUT2D eigenvalue weighted by Gasteiger charge is -2.11. The first-order chi connectivity index (χ1) is 21.2. The van der Waals surface area contributed by atoms with E-state index in [2.05, 4.69) is 25.3 Å².